The minimum Gasteiger partial charge on any atom is -0.489 e. The molecule has 3 N–H and O–H groups in total. The van der Waals surface area contributed by atoms with Gasteiger partial charge in [-0.05, 0) is 54.6 Å². The molecule has 6 heteroatoms. The number of amides is 1. The first-order valence-electron chi connectivity index (χ1n) is 11.3. The van der Waals surface area contributed by atoms with E-state index >= 15 is 0 Å². The lowest BCUT2D eigenvalue weighted by atomic mass is 9.97. The normalized spacial score (nSPS) is 10.8. The van der Waals surface area contributed by atoms with Crippen LogP contribution in [0.2, 0.25) is 0 Å². The monoisotopic (exact) mass is 450 g/mol. The van der Waals surface area contributed by atoms with Crippen LogP contribution in [0.15, 0.2) is 66.7 Å². The summed E-state index contributed by atoms with van der Waals surface area (Å²) in [4.78, 5) is 10.9. The topological polar surface area (TPSA) is 70.6 Å². The number of carbonyl (C=O) groups excluding carboxylic acids is 1. The Kier molecular flexibility index (Phi) is 9.42. The Labute approximate surface area is 194 Å². The molecule has 33 heavy (non-hydrogen) atoms. The van der Waals surface area contributed by atoms with Gasteiger partial charge in [0.2, 0.25) is 5.91 Å². The Hall–Kier alpha value is -3.22. The van der Waals surface area contributed by atoms with Crippen molar-refractivity contribution in [1.29, 1.82) is 0 Å². The van der Waals surface area contributed by atoms with E-state index in [9.17, 15) is 9.18 Å². The molecule has 0 aliphatic carbocycles. The molecule has 5 nitrogen and oxygen atoms in total. The second-order valence-corrected chi connectivity index (χ2v) is 8.02. The van der Waals surface area contributed by atoms with Crippen molar-refractivity contribution >= 4 is 5.91 Å². The van der Waals surface area contributed by atoms with Crippen molar-refractivity contribution in [3.05, 3.63) is 89.2 Å². The Morgan fingerprint density at radius 1 is 0.970 bits per heavy atom. The minimum atomic E-state index is -0.369. The summed E-state index contributed by atoms with van der Waals surface area (Å²) in [5.74, 6) is -0.163. The van der Waals surface area contributed by atoms with Gasteiger partial charge in [0.25, 0.3) is 0 Å². The number of nitrogens with one attached hydrogen (secondary N) is 2. The highest BCUT2D eigenvalue weighted by Crippen LogP contribution is 2.26. The van der Waals surface area contributed by atoms with Crippen molar-refractivity contribution in [1.82, 2.24) is 10.8 Å². The van der Waals surface area contributed by atoms with Crippen LogP contribution < -0.4 is 15.5 Å². The van der Waals surface area contributed by atoms with E-state index in [1.807, 2.05) is 30.3 Å². The van der Waals surface area contributed by atoms with Crippen LogP contribution in [0.25, 0.3) is 11.1 Å². The molecule has 0 aliphatic heterocycles. The fourth-order valence-electron chi connectivity index (χ4n) is 3.68. The largest absolute Gasteiger partial charge is 0.489 e. The lowest BCUT2D eigenvalue weighted by molar-refractivity contribution is -0.129. The predicted octanol–water partition coefficient (Wildman–Crippen LogP) is 5.54. The first kappa shape index (κ1) is 24.4. The zero-order valence-corrected chi connectivity index (χ0v) is 18.9. The lowest BCUT2D eigenvalue weighted by Gasteiger charge is -2.13. The zero-order valence-electron chi connectivity index (χ0n) is 18.9. The van der Waals surface area contributed by atoms with Crippen molar-refractivity contribution in [2.24, 2.45) is 0 Å². The maximum Gasteiger partial charge on any atom is 0.243 e. The second-order valence-electron chi connectivity index (χ2n) is 8.02. The van der Waals surface area contributed by atoms with Crippen LogP contribution in [0.5, 0.6) is 5.75 Å². The van der Waals surface area contributed by atoms with Gasteiger partial charge in [-0.15, -0.1) is 0 Å². The third kappa shape index (κ3) is 7.41. The number of benzene rings is 3. The van der Waals surface area contributed by atoms with Crippen molar-refractivity contribution < 1.29 is 19.1 Å². The van der Waals surface area contributed by atoms with Gasteiger partial charge in [-0.2, -0.15) is 0 Å². The molecule has 0 saturated carbocycles. The van der Waals surface area contributed by atoms with Gasteiger partial charge in [0.1, 0.15) is 18.2 Å². The van der Waals surface area contributed by atoms with Gasteiger partial charge in [0.15, 0.2) is 0 Å². The first-order chi connectivity index (χ1) is 16.1. The van der Waals surface area contributed by atoms with E-state index < -0.39 is 0 Å². The van der Waals surface area contributed by atoms with Crippen molar-refractivity contribution in [2.45, 2.75) is 45.8 Å². The highest BCUT2D eigenvalue weighted by atomic mass is 19.1. The molecule has 0 heterocycles. The van der Waals surface area contributed by atoms with Gasteiger partial charge in [-0.3, -0.25) is 10.0 Å². The molecular weight excluding hydrogens is 419 g/mol. The predicted molar refractivity (Wildman–Crippen MR) is 127 cm³/mol. The number of hydroxylamine groups is 1. The number of carbonyl (C=O) groups is 1. The Balaban J connectivity index is 1.47. The minimum absolute atomic E-state index is 0.297. The van der Waals surface area contributed by atoms with Gasteiger partial charge < -0.3 is 10.1 Å². The van der Waals surface area contributed by atoms with Gasteiger partial charge in [-0.1, -0.05) is 61.0 Å². The molecule has 0 aliphatic rings. The van der Waals surface area contributed by atoms with Crippen LogP contribution in [0.3, 0.4) is 0 Å². The lowest BCUT2D eigenvalue weighted by Crippen LogP contribution is -2.18. The van der Waals surface area contributed by atoms with E-state index in [0.717, 1.165) is 36.1 Å². The van der Waals surface area contributed by atoms with Crippen LogP contribution in [-0.4, -0.2) is 17.7 Å². The fraction of sp³-hybridized carbons (Fsp3) is 0.296. The molecule has 0 aromatic heterocycles. The molecule has 3 aromatic carbocycles. The van der Waals surface area contributed by atoms with Crippen molar-refractivity contribution in [3.8, 4) is 16.9 Å². The number of unbranched alkanes of at least 4 members (excludes halogenated alkanes) is 2. The molecule has 0 saturated heterocycles. The standard InChI is InChI=1S/C27H31FN2O3/c1-20-23(11-8-12-25(20)21-9-4-2-5-10-21)19-33-24-15-14-22(26(28)17-24)18-29-16-7-3-6-13-27(31)30-32/h2,4-5,8-12,14-15,17,29,32H,3,6-7,13,16,18-19H2,1H3,(H,30,31). The van der Waals surface area contributed by atoms with E-state index in [4.69, 9.17) is 9.94 Å². The van der Waals surface area contributed by atoms with E-state index in [-0.39, 0.29) is 11.7 Å². The fourth-order valence-corrected chi connectivity index (χ4v) is 3.68. The van der Waals surface area contributed by atoms with Crippen LogP contribution in [-0.2, 0) is 17.9 Å². The molecule has 0 fully saturated rings. The molecule has 0 bridgehead atoms. The molecule has 1 amide bonds. The van der Waals surface area contributed by atoms with Gasteiger partial charge in [0.05, 0.1) is 0 Å². The van der Waals surface area contributed by atoms with Crippen LogP contribution in [0, 0.1) is 12.7 Å². The summed E-state index contributed by atoms with van der Waals surface area (Å²) in [6, 6.07) is 21.4. The van der Waals surface area contributed by atoms with Crippen LogP contribution in [0.4, 0.5) is 4.39 Å². The van der Waals surface area contributed by atoms with Crippen LogP contribution >= 0.6 is 0 Å². The summed E-state index contributed by atoms with van der Waals surface area (Å²) < 4.78 is 20.4. The smallest absolute Gasteiger partial charge is 0.243 e. The second kappa shape index (κ2) is 12.7. The molecule has 0 unspecified atom stereocenters. The molecular formula is C27H31FN2O3. The summed E-state index contributed by atoms with van der Waals surface area (Å²) in [5.41, 5.74) is 6.76. The summed E-state index contributed by atoms with van der Waals surface area (Å²) in [5, 5.41) is 11.7. The van der Waals surface area contributed by atoms with Gasteiger partial charge in [0, 0.05) is 24.6 Å². The van der Waals surface area contributed by atoms with Gasteiger partial charge >= 0.3 is 0 Å². The molecule has 0 spiro atoms. The quantitative estimate of drug-likeness (QED) is 0.193. The molecule has 3 aromatic rings. The van der Waals surface area contributed by atoms with Crippen molar-refractivity contribution in [2.75, 3.05) is 6.54 Å². The average Bonchev–Trinajstić information content (AvgIpc) is 2.84. The molecule has 0 radical (unpaired) electrons. The van der Waals surface area contributed by atoms with E-state index in [1.54, 1.807) is 17.6 Å². The Bertz CT molecular complexity index is 1040. The summed E-state index contributed by atoms with van der Waals surface area (Å²) >= 11 is 0. The summed E-state index contributed by atoms with van der Waals surface area (Å²) in [7, 11) is 0. The number of hydrogen-bond donors (Lipinski definition) is 3. The van der Waals surface area contributed by atoms with E-state index in [2.05, 4.69) is 30.4 Å². The first-order valence-corrected chi connectivity index (χ1v) is 11.3. The number of rotatable bonds is 12. The van der Waals surface area contributed by atoms with Crippen LogP contribution in [0.1, 0.15) is 42.4 Å². The third-order valence-electron chi connectivity index (χ3n) is 5.65. The number of halogens is 1. The average molecular weight is 451 g/mol. The molecule has 3 rings (SSSR count). The van der Waals surface area contributed by atoms with Gasteiger partial charge in [-0.25, -0.2) is 9.87 Å². The maximum atomic E-state index is 14.5. The maximum absolute atomic E-state index is 14.5. The Morgan fingerprint density at radius 2 is 1.79 bits per heavy atom. The highest BCUT2D eigenvalue weighted by molar-refractivity contribution is 5.74. The summed E-state index contributed by atoms with van der Waals surface area (Å²) in [6.45, 7) is 3.62. The van der Waals surface area contributed by atoms with Crippen molar-refractivity contribution in [3.63, 3.8) is 0 Å². The summed E-state index contributed by atoms with van der Waals surface area (Å²) in [6.07, 6.45) is 2.76. The third-order valence-corrected chi connectivity index (χ3v) is 5.65. The van der Waals surface area contributed by atoms with E-state index in [0.29, 0.717) is 37.3 Å². The zero-order chi connectivity index (χ0) is 23.5. The molecule has 0 atom stereocenters. The molecule has 174 valence electrons. The van der Waals surface area contributed by atoms with E-state index in [1.165, 1.54) is 11.6 Å². The SMILES string of the molecule is Cc1c(COc2ccc(CNCCCCCC(=O)NO)c(F)c2)cccc1-c1ccccc1. The number of ether oxygens (including phenoxy) is 1. The number of hydrogen-bond acceptors (Lipinski definition) is 4. The highest BCUT2D eigenvalue weighted by Gasteiger charge is 2.08. The Morgan fingerprint density at radius 3 is 2.55 bits per heavy atom.